The van der Waals surface area contributed by atoms with Gasteiger partial charge in [0.1, 0.15) is 5.75 Å². The van der Waals surface area contributed by atoms with Crippen LogP contribution in [0.15, 0.2) is 35.2 Å². The van der Waals surface area contributed by atoms with E-state index in [9.17, 15) is 8.42 Å². The minimum absolute atomic E-state index is 0.265. The number of aryl methyl sites for hydroxylation is 1. The van der Waals surface area contributed by atoms with Crippen molar-refractivity contribution >= 4 is 10.0 Å². The lowest BCUT2D eigenvalue weighted by Gasteiger charge is -2.32. The smallest absolute Gasteiger partial charge is 0.243 e. The Labute approximate surface area is 165 Å². The predicted molar refractivity (Wildman–Crippen MR) is 104 cm³/mol. The Morgan fingerprint density at radius 1 is 0.964 bits per heavy atom. The maximum Gasteiger partial charge on any atom is 0.243 e. The standard InChI is InChI=1S/C21H23NO5S/c1-14-10-20-21(27-13-26-20)12-18(14)15-4-7-22(8-5-15)28(23,24)17-2-3-19-16(11-17)6-9-25-19/h2-3,10-12,15H,4-9,13H2,1H3. The Kier molecular flexibility index (Phi) is 4.25. The predicted octanol–water partition coefficient (Wildman–Crippen LogP) is 3.23. The van der Waals surface area contributed by atoms with Crippen LogP contribution < -0.4 is 14.2 Å². The zero-order valence-electron chi connectivity index (χ0n) is 15.8. The van der Waals surface area contributed by atoms with E-state index in [-0.39, 0.29) is 6.79 Å². The zero-order valence-corrected chi connectivity index (χ0v) is 16.6. The van der Waals surface area contributed by atoms with Gasteiger partial charge in [-0.3, -0.25) is 0 Å². The molecule has 3 heterocycles. The summed E-state index contributed by atoms with van der Waals surface area (Å²) in [6.45, 7) is 4.01. The third kappa shape index (κ3) is 2.93. The fourth-order valence-electron chi connectivity index (χ4n) is 4.38. The van der Waals surface area contributed by atoms with Crippen molar-refractivity contribution < 1.29 is 22.6 Å². The van der Waals surface area contributed by atoms with Gasteiger partial charge in [0.25, 0.3) is 0 Å². The van der Waals surface area contributed by atoms with E-state index in [0.29, 0.717) is 30.5 Å². The molecule has 28 heavy (non-hydrogen) atoms. The topological polar surface area (TPSA) is 65.1 Å². The van der Waals surface area contributed by atoms with Crippen molar-refractivity contribution in [3.8, 4) is 17.2 Å². The van der Waals surface area contributed by atoms with Gasteiger partial charge in [0.2, 0.25) is 16.8 Å². The minimum Gasteiger partial charge on any atom is -0.493 e. The molecule has 0 saturated carbocycles. The number of hydrogen-bond acceptors (Lipinski definition) is 5. The van der Waals surface area contributed by atoms with Gasteiger partial charge in [0.05, 0.1) is 11.5 Å². The molecule has 2 aromatic rings. The van der Waals surface area contributed by atoms with Gasteiger partial charge in [-0.1, -0.05) is 0 Å². The molecule has 3 aliphatic heterocycles. The maximum atomic E-state index is 13.1. The molecule has 1 fully saturated rings. The lowest BCUT2D eigenvalue weighted by atomic mass is 9.87. The van der Waals surface area contributed by atoms with Gasteiger partial charge in [-0.05, 0) is 72.7 Å². The molecule has 0 bridgehead atoms. The summed E-state index contributed by atoms with van der Waals surface area (Å²) in [7, 11) is -3.48. The number of hydrogen-bond donors (Lipinski definition) is 0. The highest BCUT2D eigenvalue weighted by molar-refractivity contribution is 7.89. The number of fused-ring (bicyclic) bond motifs is 2. The SMILES string of the molecule is Cc1cc2c(cc1C1CCN(S(=O)(=O)c3ccc4c(c3)CCO4)CC1)OCO2. The maximum absolute atomic E-state index is 13.1. The zero-order chi connectivity index (χ0) is 19.3. The Bertz CT molecular complexity index is 1030. The van der Waals surface area contributed by atoms with Gasteiger partial charge >= 0.3 is 0 Å². The van der Waals surface area contributed by atoms with E-state index in [1.54, 1.807) is 22.5 Å². The van der Waals surface area contributed by atoms with Crippen LogP contribution in [0.2, 0.25) is 0 Å². The molecule has 3 aliphatic rings. The molecule has 5 rings (SSSR count). The molecule has 2 aromatic carbocycles. The van der Waals surface area contributed by atoms with Crippen molar-refractivity contribution in [3.63, 3.8) is 0 Å². The van der Waals surface area contributed by atoms with Gasteiger partial charge in [0, 0.05) is 19.5 Å². The Hall–Kier alpha value is -2.25. The summed E-state index contributed by atoms with van der Waals surface area (Å²) < 4.78 is 44.3. The van der Waals surface area contributed by atoms with Crippen molar-refractivity contribution in [3.05, 3.63) is 47.0 Å². The van der Waals surface area contributed by atoms with Gasteiger partial charge in [0.15, 0.2) is 11.5 Å². The molecule has 0 unspecified atom stereocenters. The van der Waals surface area contributed by atoms with E-state index in [2.05, 4.69) is 13.0 Å². The number of rotatable bonds is 3. The Morgan fingerprint density at radius 2 is 1.71 bits per heavy atom. The third-order valence-electron chi connectivity index (χ3n) is 5.95. The second-order valence-electron chi connectivity index (χ2n) is 7.61. The van der Waals surface area contributed by atoms with Crippen molar-refractivity contribution in [2.75, 3.05) is 26.5 Å². The van der Waals surface area contributed by atoms with E-state index in [0.717, 1.165) is 42.1 Å². The Morgan fingerprint density at radius 3 is 2.50 bits per heavy atom. The molecule has 7 heteroatoms. The molecule has 0 aromatic heterocycles. The summed E-state index contributed by atoms with van der Waals surface area (Å²) in [5.74, 6) is 2.71. The fourth-order valence-corrected chi connectivity index (χ4v) is 5.90. The summed E-state index contributed by atoms with van der Waals surface area (Å²) in [6, 6.07) is 9.29. The van der Waals surface area contributed by atoms with Gasteiger partial charge in [-0.25, -0.2) is 8.42 Å². The van der Waals surface area contributed by atoms with Crippen molar-refractivity contribution in [1.82, 2.24) is 4.31 Å². The van der Waals surface area contributed by atoms with Crippen molar-refractivity contribution in [2.24, 2.45) is 0 Å². The van der Waals surface area contributed by atoms with Crippen LogP contribution in [0.3, 0.4) is 0 Å². The first-order chi connectivity index (χ1) is 13.5. The molecule has 0 spiro atoms. The molecular weight excluding hydrogens is 378 g/mol. The summed E-state index contributed by atoms with van der Waals surface area (Å²) >= 11 is 0. The summed E-state index contributed by atoms with van der Waals surface area (Å²) in [6.07, 6.45) is 2.37. The molecule has 148 valence electrons. The van der Waals surface area contributed by atoms with Gasteiger partial charge in [-0.15, -0.1) is 0 Å². The highest BCUT2D eigenvalue weighted by atomic mass is 32.2. The van der Waals surface area contributed by atoms with Crippen LogP contribution in [-0.4, -0.2) is 39.2 Å². The minimum atomic E-state index is -3.48. The fraction of sp³-hybridized carbons (Fsp3) is 0.429. The monoisotopic (exact) mass is 401 g/mol. The highest BCUT2D eigenvalue weighted by Gasteiger charge is 2.32. The molecular formula is C21H23NO5S. The van der Waals surface area contributed by atoms with Crippen LogP contribution in [0.5, 0.6) is 17.2 Å². The molecule has 0 aliphatic carbocycles. The van der Waals surface area contributed by atoms with Crippen molar-refractivity contribution in [1.29, 1.82) is 0 Å². The van der Waals surface area contributed by atoms with Gasteiger partial charge < -0.3 is 14.2 Å². The normalized spacial score (nSPS) is 19.5. The average Bonchev–Trinajstić information content (AvgIpc) is 3.35. The number of nitrogens with zero attached hydrogens (tertiary/aromatic N) is 1. The van der Waals surface area contributed by atoms with Crippen LogP contribution in [-0.2, 0) is 16.4 Å². The van der Waals surface area contributed by atoms with Gasteiger partial charge in [-0.2, -0.15) is 4.31 Å². The number of piperidine rings is 1. The summed E-state index contributed by atoms with van der Waals surface area (Å²) in [4.78, 5) is 0.370. The molecule has 0 radical (unpaired) electrons. The van der Waals surface area contributed by atoms with E-state index in [1.807, 2.05) is 6.07 Å². The first-order valence-electron chi connectivity index (χ1n) is 9.68. The lowest BCUT2D eigenvalue weighted by molar-refractivity contribution is 0.174. The molecule has 0 N–H and O–H groups in total. The quantitative estimate of drug-likeness (QED) is 0.790. The second-order valence-corrected chi connectivity index (χ2v) is 9.55. The van der Waals surface area contributed by atoms with Crippen LogP contribution in [0.4, 0.5) is 0 Å². The summed E-state index contributed by atoms with van der Waals surface area (Å²) in [5, 5.41) is 0. The highest BCUT2D eigenvalue weighted by Crippen LogP contribution is 2.40. The van der Waals surface area contributed by atoms with E-state index in [1.165, 1.54) is 11.1 Å². The van der Waals surface area contributed by atoms with Crippen molar-refractivity contribution in [2.45, 2.75) is 37.0 Å². The first kappa shape index (κ1) is 17.8. The Balaban J connectivity index is 1.33. The average molecular weight is 401 g/mol. The second kappa shape index (κ2) is 6.67. The van der Waals surface area contributed by atoms with Crippen LogP contribution in [0.1, 0.15) is 35.4 Å². The van der Waals surface area contributed by atoms with E-state index >= 15 is 0 Å². The number of sulfonamides is 1. The molecule has 1 saturated heterocycles. The van der Waals surface area contributed by atoms with Crippen LogP contribution in [0, 0.1) is 6.92 Å². The molecule has 0 atom stereocenters. The lowest BCUT2D eigenvalue weighted by Crippen LogP contribution is -2.38. The summed E-state index contributed by atoms with van der Waals surface area (Å²) in [5.41, 5.74) is 3.38. The van der Waals surface area contributed by atoms with E-state index < -0.39 is 10.0 Å². The first-order valence-corrected chi connectivity index (χ1v) is 11.1. The number of benzene rings is 2. The van der Waals surface area contributed by atoms with E-state index in [4.69, 9.17) is 14.2 Å². The van der Waals surface area contributed by atoms with Crippen LogP contribution >= 0.6 is 0 Å². The molecule has 6 nitrogen and oxygen atoms in total. The largest absolute Gasteiger partial charge is 0.493 e. The van der Waals surface area contributed by atoms with Crippen LogP contribution in [0.25, 0.3) is 0 Å². The number of ether oxygens (including phenoxy) is 3. The molecule has 0 amide bonds. The third-order valence-corrected chi connectivity index (χ3v) is 7.85.